The van der Waals surface area contributed by atoms with Crippen molar-refractivity contribution >= 4 is 10.0 Å². The number of hydrogen-bond acceptors (Lipinski definition) is 3. The number of halogens is 2. The van der Waals surface area contributed by atoms with Gasteiger partial charge in [-0.2, -0.15) is 0 Å². The first-order valence-corrected chi connectivity index (χ1v) is 7.33. The summed E-state index contributed by atoms with van der Waals surface area (Å²) in [5.41, 5.74) is 1.25. The molecule has 0 fully saturated rings. The van der Waals surface area contributed by atoms with E-state index in [1.807, 2.05) is 4.72 Å². The zero-order valence-electron chi connectivity index (χ0n) is 10.9. The molecule has 1 aromatic rings. The van der Waals surface area contributed by atoms with Crippen LogP contribution in [0, 0.1) is 18.8 Å². The summed E-state index contributed by atoms with van der Waals surface area (Å²) in [6.07, 6.45) is -2.41. The fraction of sp³-hybridized carbons (Fsp3) is 0.385. The summed E-state index contributed by atoms with van der Waals surface area (Å²) in [5.74, 6) is 5.52. The Balaban J connectivity index is 2.95. The summed E-state index contributed by atoms with van der Waals surface area (Å²) in [6, 6.07) is 4.19. The smallest absolute Gasteiger partial charge is 0.251 e. The van der Waals surface area contributed by atoms with Gasteiger partial charge in [0.25, 0.3) is 6.43 Å². The number of aliphatic hydroxyl groups excluding tert-OH is 1. The van der Waals surface area contributed by atoms with E-state index in [4.69, 9.17) is 5.11 Å². The summed E-state index contributed by atoms with van der Waals surface area (Å²) in [7, 11) is -3.94. The number of nitrogens with one attached hydrogen (secondary N) is 1. The standard InChI is InChI=1S/C13H15F2NO3S/c1-10-8-12(20(18,19)16-9-13(14)15)6-5-11(10)4-2-3-7-17/h5-6,8,13,16-17H,3,7,9H2,1H3. The average Bonchev–Trinajstić information content (AvgIpc) is 2.38. The molecule has 0 aliphatic heterocycles. The second kappa shape index (κ2) is 7.33. The van der Waals surface area contributed by atoms with E-state index in [0.29, 0.717) is 17.5 Å². The maximum Gasteiger partial charge on any atom is 0.251 e. The quantitative estimate of drug-likeness (QED) is 0.805. The molecule has 7 heteroatoms. The third-order valence-corrected chi connectivity index (χ3v) is 3.82. The third kappa shape index (κ3) is 4.89. The van der Waals surface area contributed by atoms with Gasteiger partial charge in [-0.15, -0.1) is 0 Å². The predicted molar refractivity (Wildman–Crippen MR) is 71.0 cm³/mol. The van der Waals surface area contributed by atoms with Gasteiger partial charge in [-0.25, -0.2) is 21.9 Å². The molecule has 0 saturated carbocycles. The van der Waals surface area contributed by atoms with Crippen molar-refractivity contribution in [2.45, 2.75) is 24.7 Å². The molecule has 0 aromatic heterocycles. The molecule has 20 heavy (non-hydrogen) atoms. The fourth-order valence-corrected chi connectivity index (χ4v) is 2.50. The van der Waals surface area contributed by atoms with Crippen LogP contribution in [-0.4, -0.2) is 33.1 Å². The second-order valence-corrected chi connectivity index (χ2v) is 5.76. The van der Waals surface area contributed by atoms with E-state index in [-0.39, 0.29) is 11.5 Å². The Kier molecular flexibility index (Phi) is 6.07. The number of benzene rings is 1. The summed E-state index contributed by atoms with van der Waals surface area (Å²) in [4.78, 5) is -0.0802. The first-order chi connectivity index (χ1) is 9.36. The minimum absolute atomic E-state index is 0.0456. The lowest BCUT2D eigenvalue weighted by Crippen LogP contribution is -2.28. The Morgan fingerprint density at radius 3 is 2.65 bits per heavy atom. The molecule has 1 aromatic carbocycles. The third-order valence-electron chi connectivity index (χ3n) is 2.40. The SMILES string of the molecule is Cc1cc(S(=O)(=O)NCC(F)F)ccc1C#CCCO. The largest absolute Gasteiger partial charge is 0.395 e. The van der Waals surface area contributed by atoms with Gasteiger partial charge in [-0.05, 0) is 30.7 Å². The van der Waals surface area contributed by atoms with Crippen LogP contribution in [0.25, 0.3) is 0 Å². The van der Waals surface area contributed by atoms with Crippen molar-refractivity contribution in [2.75, 3.05) is 13.2 Å². The first-order valence-electron chi connectivity index (χ1n) is 5.85. The summed E-state index contributed by atoms with van der Waals surface area (Å²) >= 11 is 0. The maximum absolute atomic E-state index is 12.0. The lowest BCUT2D eigenvalue weighted by molar-refractivity contribution is 0.153. The van der Waals surface area contributed by atoms with Gasteiger partial charge >= 0.3 is 0 Å². The van der Waals surface area contributed by atoms with Crippen molar-refractivity contribution in [3.05, 3.63) is 29.3 Å². The molecular weight excluding hydrogens is 288 g/mol. The predicted octanol–water partition coefficient (Wildman–Crippen LogP) is 1.27. The maximum atomic E-state index is 12.0. The highest BCUT2D eigenvalue weighted by atomic mass is 32.2. The van der Waals surface area contributed by atoms with Gasteiger partial charge in [0, 0.05) is 12.0 Å². The lowest BCUT2D eigenvalue weighted by Gasteiger charge is -2.07. The minimum atomic E-state index is -3.94. The zero-order chi connectivity index (χ0) is 15.2. The van der Waals surface area contributed by atoms with Gasteiger partial charge in [-0.1, -0.05) is 11.8 Å². The molecule has 0 radical (unpaired) electrons. The first kappa shape index (κ1) is 16.6. The lowest BCUT2D eigenvalue weighted by atomic mass is 10.1. The van der Waals surface area contributed by atoms with Crippen molar-refractivity contribution in [3.63, 3.8) is 0 Å². The summed E-state index contributed by atoms with van der Waals surface area (Å²) in [5, 5.41) is 8.62. The van der Waals surface area contributed by atoms with E-state index in [2.05, 4.69) is 11.8 Å². The Morgan fingerprint density at radius 1 is 1.40 bits per heavy atom. The topological polar surface area (TPSA) is 66.4 Å². The van der Waals surface area contributed by atoms with Crippen LogP contribution in [0.2, 0.25) is 0 Å². The summed E-state index contributed by atoms with van der Waals surface area (Å²) in [6.45, 7) is 0.713. The van der Waals surface area contributed by atoms with Crippen molar-refractivity contribution in [1.82, 2.24) is 4.72 Å². The molecule has 0 aliphatic carbocycles. The molecule has 110 valence electrons. The number of rotatable bonds is 5. The van der Waals surface area contributed by atoms with Crippen LogP contribution in [0.4, 0.5) is 8.78 Å². The van der Waals surface area contributed by atoms with Gasteiger partial charge in [0.15, 0.2) is 0 Å². The van der Waals surface area contributed by atoms with Crippen molar-refractivity contribution in [1.29, 1.82) is 0 Å². The molecule has 0 unspecified atom stereocenters. The van der Waals surface area contributed by atoms with Crippen LogP contribution in [0.15, 0.2) is 23.1 Å². The van der Waals surface area contributed by atoms with Crippen LogP contribution in [-0.2, 0) is 10.0 Å². The van der Waals surface area contributed by atoms with Gasteiger partial charge in [-0.3, -0.25) is 0 Å². The molecule has 2 N–H and O–H groups in total. The fourth-order valence-electron chi connectivity index (χ4n) is 1.41. The molecule has 0 aliphatic rings. The van der Waals surface area contributed by atoms with Crippen LogP contribution >= 0.6 is 0 Å². The van der Waals surface area contributed by atoms with Crippen LogP contribution in [0.5, 0.6) is 0 Å². The highest BCUT2D eigenvalue weighted by molar-refractivity contribution is 7.89. The Bertz CT molecular complexity index is 618. The molecule has 4 nitrogen and oxygen atoms in total. The second-order valence-electron chi connectivity index (χ2n) is 4.00. The highest BCUT2D eigenvalue weighted by Crippen LogP contribution is 2.15. The van der Waals surface area contributed by atoms with E-state index in [9.17, 15) is 17.2 Å². The summed E-state index contributed by atoms with van der Waals surface area (Å²) < 4.78 is 49.4. The molecule has 1 rings (SSSR count). The van der Waals surface area contributed by atoms with Crippen molar-refractivity contribution in [3.8, 4) is 11.8 Å². The number of aryl methyl sites for hydroxylation is 1. The van der Waals surface area contributed by atoms with E-state index in [0.717, 1.165) is 0 Å². The van der Waals surface area contributed by atoms with Crippen LogP contribution < -0.4 is 4.72 Å². The average molecular weight is 303 g/mol. The van der Waals surface area contributed by atoms with Gasteiger partial charge in [0.1, 0.15) is 0 Å². The van der Waals surface area contributed by atoms with E-state index in [1.54, 1.807) is 6.92 Å². The number of sulfonamides is 1. The molecular formula is C13H15F2NO3S. The van der Waals surface area contributed by atoms with E-state index >= 15 is 0 Å². The van der Waals surface area contributed by atoms with Gasteiger partial charge in [0.05, 0.1) is 18.0 Å². The zero-order valence-corrected chi connectivity index (χ0v) is 11.7. The van der Waals surface area contributed by atoms with Crippen LogP contribution in [0.3, 0.4) is 0 Å². The Morgan fingerprint density at radius 2 is 2.10 bits per heavy atom. The molecule has 0 heterocycles. The van der Waals surface area contributed by atoms with Gasteiger partial charge in [0.2, 0.25) is 10.0 Å². The number of alkyl halides is 2. The Labute approximate surface area is 116 Å². The minimum Gasteiger partial charge on any atom is -0.395 e. The Hall–Kier alpha value is -1.49. The molecule has 0 spiro atoms. The van der Waals surface area contributed by atoms with E-state index in [1.165, 1.54) is 18.2 Å². The molecule has 0 saturated heterocycles. The van der Waals surface area contributed by atoms with Crippen molar-refractivity contribution < 1.29 is 22.3 Å². The van der Waals surface area contributed by atoms with Gasteiger partial charge < -0.3 is 5.11 Å². The van der Waals surface area contributed by atoms with E-state index < -0.39 is 23.0 Å². The monoisotopic (exact) mass is 303 g/mol. The molecule has 0 bridgehead atoms. The highest BCUT2D eigenvalue weighted by Gasteiger charge is 2.16. The number of aliphatic hydroxyl groups is 1. The normalized spacial score (nSPS) is 11.2. The molecule has 0 atom stereocenters. The number of hydrogen-bond donors (Lipinski definition) is 2. The molecule has 0 amide bonds. The van der Waals surface area contributed by atoms with Crippen molar-refractivity contribution in [2.24, 2.45) is 0 Å². The van der Waals surface area contributed by atoms with Crippen LogP contribution in [0.1, 0.15) is 17.5 Å².